The van der Waals surface area contributed by atoms with Crippen molar-refractivity contribution in [3.05, 3.63) is 53.9 Å². The third-order valence-corrected chi connectivity index (χ3v) is 3.54. The van der Waals surface area contributed by atoms with E-state index in [0.29, 0.717) is 17.5 Å². The highest BCUT2D eigenvalue weighted by atomic mass is 16.1. The minimum absolute atomic E-state index is 0.199. The van der Waals surface area contributed by atoms with Crippen LogP contribution in [0.15, 0.2) is 42.6 Å². The molecule has 122 valence electrons. The first-order chi connectivity index (χ1) is 11.0. The van der Waals surface area contributed by atoms with Crippen LogP contribution in [-0.4, -0.2) is 17.4 Å². The molecule has 0 atom stereocenters. The summed E-state index contributed by atoms with van der Waals surface area (Å²) in [4.78, 5) is 16.5. The van der Waals surface area contributed by atoms with E-state index < -0.39 is 0 Å². The lowest BCUT2D eigenvalue weighted by atomic mass is 10.0. The van der Waals surface area contributed by atoms with Gasteiger partial charge in [-0.25, -0.2) is 0 Å². The third-order valence-electron chi connectivity index (χ3n) is 3.54. The van der Waals surface area contributed by atoms with Crippen molar-refractivity contribution in [3.63, 3.8) is 0 Å². The number of rotatable bonds is 6. The van der Waals surface area contributed by atoms with Gasteiger partial charge in [-0.1, -0.05) is 39.8 Å². The van der Waals surface area contributed by atoms with E-state index in [0.717, 1.165) is 17.9 Å². The Hall–Kier alpha value is -2.36. The Labute approximate surface area is 138 Å². The number of benzene rings is 1. The van der Waals surface area contributed by atoms with Gasteiger partial charge in [0.25, 0.3) is 5.91 Å². The monoisotopic (exact) mass is 311 g/mol. The molecule has 1 amide bonds. The van der Waals surface area contributed by atoms with Crippen molar-refractivity contribution < 1.29 is 4.79 Å². The average Bonchev–Trinajstić information content (AvgIpc) is 2.53. The Kier molecular flexibility index (Phi) is 5.74. The third kappa shape index (κ3) is 5.09. The van der Waals surface area contributed by atoms with E-state index in [9.17, 15) is 4.79 Å². The molecule has 2 aromatic rings. The average molecular weight is 311 g/mol. The molecule has 23 heavy (non-hydrogen) atoms. The first kappa shape index (κ1) is 17.0. The number of amides is 1. The fraction of sp³-hybridized carbons (Fsp3) is 0.368. The second-order valence-electron chi connectivity index (χ2n) is 6.44. The minimum atomic E-state index is -0.199. The van der Waals surface area contributed by atoms with Crippen molar-refractivity contribution in [1.82, 2.24) is 4.98 Å². The van der Waals surface area contributed by atoms with Crippen LogP contribution in [-0.2, 0) is 0 Å². The summed E-state index contributed by atoms with van der Waals surface area (Å²) >= 11 is 0. The van der Waals surface area contributed by atoms with Crippen LogP contribution < -0.4 is 10.6 Å². The number of hydrogen-bond acceptors (Lipinski definition) is 3. The lowest BCUT2D eigenvalue weighted by Crippen LogP contribution is -2.15. The van der Waals surface area contributed by atoms with E-state index in [1.54, 1.807) is 12.3 Å². The number of carbonyl (C=O) groups is 1. The highest BCUT2D eigenvalue weighted by molar-refractivity contribution is 6.03. The van der Waals surface area contributed by atoms with E-state index >= 15 is 0 Å². The molecule has 0 bridgehead atoms. The molecule has 0 aliphatic heterocycles. The standard InChI is InChI=1S/C19H25N3O/c1-13(2)12-21-17-9-10-20-18(11-17)19(23)22-16-7-5-15(6-8-16)14(3)4/h5-11,13-14H,12H2,1-4H3,(H,20,21)(H,22,23). The van der Waals surface area contributed by atoms with Crippen LogP contribution in [0.25, 0.3) is 0 Å². The number of anilines is 2. The second-order valence-corrected chi connectivity index (χ2v) is 6.44. The molecule has 1 aromatic carbocycles. The van der Waals surface area contributed by atoms with Gasteiger partial charge in [-0.3, -0.25) is 9.78 Å². The number of carbonyl (C=O) groups excluding carboxylic acids is 1. The molecule has 0 saturated heterocycles. The van der Waals surface area contributed by atoms with Gasteiger partial charge in [-0.2, -0.15) is 0 Å². The van der Waals surface area contributed by atoms with Gasteiger partial charge in [0.1, 0.15) is 5.69 Å². The molecule has 0 aliphatic carbocycles. The maximum atomic E-state index is 12.3. The first-order valence-electron chi connectivity index (χ1n) is 8.07. The summed E-state index contributed by atoms with van der Waals surface area (Å²) in [5.74, 6) is 0.820. The van der Waals surface area contributed by atoms with E-state index in [-0.39, 0.29) is 5.91 Å². The number of nitrogens with one attached hydrogen (secondary N) is 2. The molecule has 0 saturated carbocycles. The second kappa shape index (κ2) is 7.77. The van der Waals surface area contributed by atoms with Gasteiger partial charge in [0.2, 0.25) is 0 Å². The van der Waals surface area contributed by atoms with E-state index in [2.05, 4.69) is 43.3 Å². The van der Waals surface area contributed by atoms with E-state index in [1.807, 2.05) is 30.3 Å². The van der Waals surface area contributed by atoms with Crippen LogP contribution in [0.3, 0.4) is 0 Å². The molecule has 0 fully saturated rings. The fourth-order valence-corrected chi connectivity index (χ4v) is 2.13. The van der Waals surface area contributed by atoms with Gasteiger partial charge >= 0.3 is 0 Å². The first-order valence-corrected chi connectivity index (χ1v) is 8.07. The maximum absolute atomic E-state index is 12.3. The molecule has 0 unspecified atom stereocenters. The van der Waals surface area contributed by atoms with Gasteiger partial charge in [-0.15, -0.1) is 0 Å². The predicted octanol–water partition coefficient (Wildman–Crippen LogP) is 4.53. The Bertz CT molecular complexity index is 648. The zero-order valence-electron chi connectivity index (χ0n) is 14.3. The van der Waals surface area contributed by atoms with Gasteiger partial charge in [0.15, 0.2) is 0 Å². The van der Waals surface area contributed by atoms with E-state index in [4.69, 9.17) is 0 Å². The van der Waals surface area contributed by atoms with Crippen LogP contribution in [0.5, 0.6) is 0 Å². The number of nitrogens with zero attached hydrogens (tertiary/aromatic N) is 1. The van der Waals surface area contributed by atoms with Gasteiger partial charge in [-0.05, 0) is 41.7 Å². The lowest BCUT2D eigenvalue weighted by Gasteiger charge is -2.11. The molecule has 0 radical (unpaired) electrons. The van der Waals surface area contributed by atoms with E-state index in [1.165, 1.54) is 5.56 Å². The van der Waals surface area contributed by atoms with Crippen molar-refractivity contribution in [2.24, 2.45) is 5.92 Å². The zero-order valence-corrected chi connectivity index (χ0v) is 14.3. The van der Waals surface area contributed by atoms with Crippen LogP contribution in [0.2, 0.25) is 0 Å². The van der Waals surface area contributed by atoms with Gasteiger partial charge in [0, 0.05) is 24.1 Å². The summed E-state index contributed by atoms with van der Waals surface area (Å²) < 4.78 is 0. The Balaban J connectivity index is 2.04. The molecule has 2 N–H and O–H groups in total. The highest BCUT2D eigenvalue weighted by Gasteiger charge is 2.09. The molecule has 0 aliphatic rings. The van der Waals surface area contributed by atoms with Gasteiger partial charge < -0.3 is 10.6 Å². The van der Waals surface area contributed by atoms with Crippen molar-refractivity contribution in [2.75, 3.05) is 17.2 Å². The number of pyridine rings is 1. The predicted molar refractivity (Wildman–Crippen MR) is 96.0 cm³/mol. The molecule has 4 nitrogen and oxygen atoms in total. The van der Waals surface area contributed by atoms with Crippen molar-refractivity contribution in [2.45, 2.75) is 33.6 Å². The number of hydrogen-bond donors (Lipinski definition) is 2. The topological polar surface area (TPSA) is 54.0 Å². The smallest absolute Gasteiger partial charge is 0.274 e. The summed E-state index contributed by atoms with van der Waals surface area (Å²) in [7, 11) is 0. The van der Waals surface area contributed by atoms with Crippen LogP contribution >= 0.6 is 0 Å². The summed E-state index contributed by atoms with van der Waals surface area (Å²) in [5, 5.41) is 6.19. The molecule has 1 aromatic heterocycles. The zero-order chi connectivity index (χ0) is 16.8. The Morgan fingerprint density at radius 1 is 1.04 bits per heavy atom. The quantitative estimate of drug-likeness (QED) is 0.824. The normalized spacial score (nSPS) is 10.9. The largest absolute Gasteiger partial charge is 0.385 e. The lowest BCUT2D eigenvalue weighted by molar-refractivity contribution is 0.102. The summed E-state index contributed by atoms with van der Waals surface area (Å²) in [6.07, 6.45) is 1.65. The van der Waals surface area contributed by atoms with Crippen LogP contribution in [0.1, 0.15) is 49.7 Å². The molecule has 1 heterocycles. The summed E-state index contributed by atoms with van der Waals surface area (Å²) in [6, 6.07) is 11.6. The van der Waals surface area contributed by atoms with Gasteiger partial charge in [0.05, 0.1) is 0 Å². The summed E-state index contributed by atoms with van der Waals surface area (Å²) in [6.45, 7) is 9.44. The summed E-state index contributed by atoms with van der Waals surface area (Å²) in [5.41, 5.74) is 3.35. The molecular weight excluding hydrogens is 286 g/mol. The number of aromatic nitrogens is 1. The SMILES string of the molecule is CC(C)CNc1ccnc(C(=O)Nc2ccc(C(C)C)cc2)c1. The van der Waals surface area contributed by atoms with Crippen molar-refractivity contribution in [1.29, 1.82) is 0 Å². The minimum Gasteiger partial charge on any atom is -0.385 e. The van der Waals surface area contributed by atoms with Crippen molar-refractivity contribution >= 4 is 17.3 Å². The fourth-order valence-electron chi connectivity index (χ4n) is 2.13. The maximum Gasteiger partial charge on any atom is 0.274 e. The van der Waals surface area contributed by atoms with Crippen molar-refractivity contribution in [3.8, 4) is 0 Å². The molecular formula is C19H25N3O. The molecule has 0 spiro atoms. The Morgan fingerprint density at radius 2 is 1.74 bits per heavy atom. The molecule has 4 heteroatoms. The van der Waals surface area contributed by atoms with Crippen LogP contribution in [0.4, 0.5) is 11.4 Å². The Morgan fingerprint density at radius 3 is 2.35 bits per heavy atom. The molecule has 2 rings (SSSR count). The highest BCUT2D eigenvalue weighted by Crippen LogP contribution is 2.18. The van der Waals surface area contributed by atoms with Crippen LogP contribution in [0, 0.1) is 5.92 Å².